The van der Waals surface area contributed by atoms with Gasteiger partial charge in [-0.15, -0.1) is 0 Å². The van der Waals surface area contributed by atoms with Gasteiger partial charge in [-0.3, -0.25) is 14.5 Å². The van der Waals surface area contributed by atoms with Crippen LogP contribution >= 0.6 is 0 Å². The first kappa shape index (κ1) is 24.7. The van der Waals surface area contributed by atoms with Crippen molar-refractivity contribution < 1.29 is 19.1 Å². The van der Waals surface area contributed by atoms with Gasteiger partial charge in [0.05, 0.1) is 6.61 Å². The smallest absolute Gasteiger partial charge is 0.257 e. The van der Waals surface area contributed by atoms with Gasteiger partial charge in [-0.25, -0.2) is 0 Å². The molecule has 0 aliphatic rings. The van der Waals surface area contributed by atoms with Crippen LogP contribution in [0.5, 0.6) is 5.75 Å². The van der Waals surface area contributed by atoms with Crippen molar-refractivity contribution in [3.8, 4) is 5.75 Å². The van der Waals surface area contributed by atoms with Gasteiger partial charge < -0.3 is 14.8 Å². The standard InChI is InChI=1S/C30H28N2O4/c33-29(31-25-16-18-28(19-17-25)36-21-20-24-10-4-1-5-11-24)22-35-23-30(34)32(26-12-6-2-7-13-26)27-14-8-3-9-15-27/h1-19H,20-23H2,(H,31,33). The van der Waals surface area contributed by atoms with Gasteiger partial charge >= 0.3 is 0 Å². The second-order valence-corrected chi connectivity index (χ2v) is 8.05. The van der Waals surface area contributed by atoms with E-state index >= 15 is 0 Å². The summed E-state index contributed by atoms with van der Waals surface area (Å²) in [6, 6.07) is 36.0. The summed E-state index contributed by atoms with van der Waals surface area (Å²) in [5, 5.41) is 2.77. The second kappa shape index (κ2) is 12.9. The molecular formula is C30H28N2O4. The fourth-order valence-electron chi connectivity index (χ4n) is 3.65. The predicted molar refractivity (Wildman–Crippen MR) is 142 cm³/mol. The lowest BCUT2D eigenvalue weighted by atomic mass is 10.2. The van der Waals surface area contributed by atoms with Gasteiger partial charge in [-0.2, -0.15) is 0 Å². The SMILES string of the molecule is O=C(COCC(=O)N(c1ccccc1)c1ccccc1)Nc1ccc(OCCc2ccccc2)cc1. The van der Waals surface area contributed by atoms with Crippen LogP contribution in [0.25, 0.3) is 0 Å². The van der Waals surface area contributed by atoms with Crippen molar-refractivity contribution in [3.63, 3.8) is 0 Å². The van der Waals surface area contributed by atoms with Gasteiger partial charge in [-0.05, 0) is 54.1 Å². The third kappa shape index (κ3) is 7.29. The van der Waals surface area contributed by atoms with E-state index in [1.54, 1.807) is 17.0 Å². The Morgan fingerprint density at radius 3 is 1.81 bits per heavy atom. The molecule has 1 N–H and O–H groups in total. The number of nitrogens with one attached hydrogen (secondary N) is 1. The molecule has 0 bridgehead atoms. The van der Waals surface area contributed by atoms with E-state index in [9.17, 15) is 9.59 Å². The number of benzene rings is 4. The van der Waals surface area contributed by atoms with Crippen molar-refractivity contribution in [1.29, 1.82) is 0 Å². The summed E-state index contributed by atoms with van der Waals surface area (Å²) in [6.07, 6.45) is 0.821. The Hall–Kier alpha value is -4.42. The molecule has 0 aliphatic heterocycles. The minimum Gasteiger partial charge on any atom is -0.493 e. The maximum Gasteiger partial charge on any atom is 0.257 e. The number of carbonyl (C=O) groups excluding carboxylic acids is 2. The van der Waals surface area contributed by atoms with Crippen molar-refractivity contribution in [1.82, 2.24) is 0 Å². The molecule has 0 unspecified atom stereocenters. The minimum absolute atomic E-state index is 0.231. The van der Waals surface area contributed by atoms with E-state index in [1.165, 1.54) is 5.56 Å². The van der Waals surface area contributed by atoms with E-state index in [4.69, 9.17) is 9.47 Å². The fourth-order valence-corrected chi connectivity index (χ4v) is 3.65. The maximum atomic E-state index is 13.0. The Morgan fingerprint density at radius 2 is 1.22 bits per heavy atom. The van der Waals surface area contributed by atoms with E-state index in [0.29, 0.717) is 12.3 Å². The molecule has 0 atom stereocenters. The molecule has 0 saturated heterocycles. The van der Waals surface area contributed by atoms with Gasteiger partial charge in [0.2, 0.25) is 5.91 Å². The quantitative estimate of drug-likeness (QED) is 0.302. The third-order valence-corrected chi connectivity index (χ3v) is 5.38. The van der Waals surface area contributed by atoms with E-state index in [2.05, 4.69) is 17.4 Å². The highest BCUT2D eigenvalue weighted by Gasteiger charge is 2.18. The second-order valence-electron chi connectivity index (χ2n) is 8.05. The van der Waals surface area contributed by atoms with Gasteiger partial charge in [0.1, 0.15) is 19.0 Å². The van der Waals surface area contributed by atoms with Crippen molar-refractivity contribution >= 4 is 28.9 Å². The lowest BCUT2D eigenvalue weighted by Gasteiger charge is -2.23. The molecule has 0 fully saturated rings. The highest BCUT2D eigenvalue weighted by atomic mass is 16.5. The molecule has 4 rings (SSSR count). The molecule has 0 aliphatic carbocycles. The summed E-state index contributed by atoms with van der Waals surface area (Å²) in [4.78, 5) is 26.9. The molecule has 0 spiro atoms. The highest BCUT2D eigenvalue weighted by Crippen LogP contribution is 2.25. The summed E-state index contributed by atoms with van der Waals surface area (Å²) in [7, 11) is 0. The number of rotatable bonds is 11. The fraction of sp³-hybridized carbons (Fsp3) is 0.133. The number of hydrogen-bond donors (Lipinski definition) is 1. The molecule has 4 aromatic carbocycles. The van der Waals surface area contributed by atoms with Crippen LogP contribution in [0.4, 0.5) is 17.1 Å². The Labute approximate surface area is 211 Å². The van der Waals surface area contributed by atoms with Crippen LogP contribution in [0, 0.1) is 0 Å². The maximum absolute atomic E-state index is 13.0. The van der Waals surface area contributed by atoms with Crippen molar-refractivity contribution in [2.24, 2.45) is 0 Å². The van der Waals surface area contributed by atoms with E-state index in [0.717, 1.165) is 23.5 Å². The first-order valence-corrected chi connectivity index (χ1v) is 11.8. The van der Waals surface area contributed by atoms with E-state index < -0.39 is 0 Å². The molecule has 0 aromatic heterocycles. The summed E-state index contributed by atoms with van der Waals surface area (Å²) in [5.74, 6) is 0.122. The zero-order chi connectivity index (χ0) is 25.0. The lowest BCUT2D eigenvalue weighted by Crippen LogP contribution is -2.31. The Bertz CT molecular complexity index is 1190. The average Bonchev–Trinajstić information content (AvgIpc) is 2.92. The minimum atomic E-state index is -0.341. The molecule has 0 heterocycles. The van der Waals surface area contributed by atoms with Crippen LogP contribution in [-0.4, -0.2) is 31.6 Å². The van der Waals surface area contributed by atoms with Crippen LogP contribution < -0.4 is 15.0 Å². The summed E-state index contributed by atoms with van der Waals surface area (Å²) >= 11 is 0. The van der Waals surface area contributed by atoms with Crippen LogP contribution in [0.2, 0.25) is 0 Å². The molecule has 6 heteroatoms. The van der Waals surface area contributed by atoms with Crippen molar-refractivity contribution in [2.45, 2.75) is 6.42 Å². The molecule has 182 valence electrons. The van der Waals surface area contributed by atoms with Crippen LogP contribution in [-0.2, 0) is 20.7 Å². The van der Waals surface area contributed by atoms with Gasteiger partial charge in [0.15, 0.2) is 0 Å². The molecule has 0 radical (unpaired) electrons. The summed E-state index contributed by atoms with van der Waals surface area (Å²) < 4.78 is 11.2. The van der Waals surface area contributed by atoms with Crippen molar-refractivity contribution in [2.75, 3.05) is 30.0 Å². The topological polar surface area (TPSA) is 67.9 Å². The van der Waals surface area contributed by atoms with E-state index in [-0.39, 0.29) is 25.0 Å². The number of anilines is 3. The molecule has 4 aromatic rings. The number of amides is 2. The Balaban J connectivity index is 1.23. The monoisotopic (exact) mass is 480 g/mol. The van der Waals surface area contributed by atoms with E-state index in [1.807, 2.05) is 91.0 Å². The third-order valence-electron chi connectivity index (χ3n) is 5.38. The van der Waals surface area contributed by atoms with Gasteiger partial charge in [0, 0.05) is 23.5 Å². The number of carbonyl (C=O) groups is 2. The largest absolute Gasteiger partial charge is 0.493 e. The van der Waals surface area contributed by atoms with Gasteiger partial charge in [-0.1, -0.05) is 66.7 Å². The van der Waals surface area contributed by atoms with Crippen LogP contribution in [0.15, 0.2) is 115 Å². The first-order chi connectivity index (χ1) is 17.7. The van der Waals surface area contributed by atoms with Crippen LogP contribution in [0.1, 0.15) is 5.56 Å². The summed E-state index contributed by atoms with van der Waals surface area (Å²) in [6.45, 7) is 0.102. The van der Waals surface area contributed by atoms with Gasteiger partial charge in [0.25, 0.3) is 5.91 Å². The number of para-hydroxylation sites is 2. The zero-order valence-electron chi connectivity index (χ0n) is 19.9. The average molecular weight is 481 g/mol. The van der Waals surface area contributed by atoms with Crippen LogP contribution in [0.3, 0.4) is 0 Å². The molecular weight excluding hydrogens is 452 g/mol. The Kier molecular flexibility index (Phi) is 8.84. The molecule has 6 nitrogen and oxygen atoms in total. The zero-order valence-corrected chi connectivity index (χ0v) is 19.9. The predicted octanol–water partition coefficient (Wildman–Crippen LogP) is 5.63. The molecule has 36 heavy (non-hydrogen) atoms. The normalized spacial score (nSPS) is 10.4. The van der Waals surface area contributed by atoms with Crippen molar-refractivity contribution in [3.05, 3.63) is 121 Å². The Morgan fingerprint density at radius 1 is 0.667 bits per heavy atom. The number of nitrogens with zero attached hydrogens (tertiary/aromatic N) is 1. The first-order valence-electron chi connectivity index (χ1n) is 11.8. The number of ether oxygens (including phenoxy) is 2. The summed E-state index contributed by atoms with van der Waals surface area (Å²) in [5.41, 5.74) is 3.30. The lowest BCUT2D eigenvalue weighted by molar-refractivity contribution is -0.126. The molecule has 2 amide bonds. The number of hydrogen-bond acceptors (Lipinski definition) is 4. The highest BCUT2D eigenvalue weighted by molar-refractivity contribution is 6.01. The molecule has 0 saturated carbocycles.